The van der Waals surface area contributed by atoms with Crippen molar-refractivity contribution in [1.29, 1.82) is 0 Å². The number of hydrogen-bond donors (Lipinski definition) is 2. The second-order valence-electron chi connectivity index (χ2n) is 5.78. The average Bonchev–Trinajstić information content (AvgIpc) is 2.60. The highest BCUT2D eigenvalue weighted by atomic mass is 32.2. The van der Waals surface area contributed by atoms with Gasteiger partial charge in [-0.15, -0.1) is 0 Å². The minimum absolute atomic E-state index is 0.231. The van der Waals surface area contributed by atoms with Crippen molar-refractivity contribution in [2.75, 3.05) is 26.2 Å². The molecule has 3 rings (SSSR count). The van der Waals surface area contributed by atoms with Gasteiger partial charge in [-0.3, -0.25) is 9.69 Å². The molecule has 0 saturated carbocycles. The first-order valence-corrected chi connectivity index (χ1v) is 9.21. The van der Waals surface area contributed by atoms with Crippen LogP contribution in [-0.4, -0.2) is 48.6 Å². The fourth-order valence-corrected chi connectivity index (χ4v) is 3.93. The van der Waals surface area contributed by atoms with E-state index in [9.17, 15) is 22.7 Å². The van der Waals surface area contributed by atoms with Crippen molar-refractivity contribution < 1.29 is 17.9 Å². The average molecular weight is 367 g/mol. The summed E-state index contributed by atoms with van der Waals surface area (Å²) in [5.41, 5.74) is -0.644. The van der Waals surface area contributed by atoms with Crippen LogP contribution < -0.4 is 10.9 Å². The molecule has 0 radical (unpaired) electrons. The van der Waals surface area contributed by atoms with E-state index in [1.54, 1.807) is 0 Å². The summed E-state index contributed by atoms with van der Waals surface area (Å²) in [5, 5.41) is 13.4. The van der Waals surface area contributed by atoms with Gasteiger partial charge in [-0.25, -0.2) is 16.8 Å². The maximum absolute atomic E-state index is 13.0. The Labute approximate surface area is 144 Å². The van der Waals surface area contributed by atoms with Gasteiger partial charge in [-0.1, -0.05) is 0 Å². The number of hydrogen-bond acceptors (Lipinski definition) is 6. The third kappa shape index (κ3) is 3.58. The summed E-state index contributed by atoms with van der Waals surface area (Å²) in [6, 6.07) is 5.55. The van der Waals surface area contributed by atoms with Crippen LogP contribution in [0.15, 0.2) is 46.2 Å². The highest BCUT2D eigenvalue weighted by molar-refractivity contribution is 7.90. The summed E-state index contributed by atoms with van der Waals surface area (Å²) in [6.45, 7) is 3.54. The first-order chi connectivity index (χ1) is 11.9. The summed E-state index contributed by atoms with van der Waals surface area (Å²) < 4.78 is 38.5. The zero-order chi connectivity index (χ0) is 18.0. The number of aromatic hydroxyl groups is 1. The van der Waals surface area contributed by atoms with E-state index >= 15 is 0 Å². The van der Waals surface area contributed by atoms with Crippen molar-refractivity contribution in [2.24, 2.45) is 0 Å². The molecule has 1 aliphatic heterocycles. The molecule has 2 N–H and O–H groups in total. The van der Waals surface area contributed by atoms with Crippen LogP contribution >= 0.6 is 0 Å². The van der Waals surface area contributed by atoms with E-state index in [2.05, 4.69) is 10.2 Å². The fourth-order valence-electron chi connectivity index (χ4n) is 2.69. The second kappa shape index (κ2) is 6.95. The molecular formula is C16H18FN3O4S. The zero-order valence-corrected chi connectivity index (χ0v) is 14.2. The van der Waals surface area contributed by atoms with Crippen molar-refractivity contribution in [3.8, 4) is 5.75 Å². The maximum atomic E-state index is 13.0. The standard InChI is InChI=1S/C16H18FN3O4S/c17-13-1-3-14(4-2-13)25(23,24)20-8-5-12(15(21)16(20)22)11-19-9-6-18-7-10-19/h1-5,8,18,21H,6-7,9-11H2. The smallest absolute Gasteiger partial charge is 0.306 e. The first kappa shape index (κ1) is 17.6. The Morgan fingerprint density at radius 2 is 1.76 bits per heavy atom. The molecule has 7 nitrogen and oxygen atoms in total. The molecule has 0 amide bonds. The van der Waals surface area contributed by atoms with E-state index < -0.39 is 27.1 Å². The lowest BCUT2D eigenvalue weighted by Gasteiger charge is -2.27. The second-order valence-corrected chi connectivity index (χ2v) is 7.59. The van der Waals surface area contributed by atoms with E-state index in [-0.39, 0.29) is 4.90 Å². The third-order valence-corrected chi connectivity index (χ3v) is 5.77. The lowest BCUT2D eigenvalue weighted by atomic mass is 10.2. The first-order valence-electron chi connectivity index (χ1n) is 7.77. The van der Waals surface area contributed by atoms with Crippen LogP contribution in [0.5, 0.6) is 5.75 Å². The number of nitrogens with one attached hydrogen (secondary N) is 1. The number of benzene rings is 1. The number of pyridine rings is 1. The molecule has 0 spiro atoms. The molecule has 1 fully saturated rings. The highest BCUT2D eigenvalue weighted by Gasteiger charge is 2.22. The molecule has 2 aromatic rings. The zero-order valence-electron chi connectivity index (χ0n) is 13.4. The van der Waals surface area contributed by atoms with Gasteiger partial charge < -0.3 is 10.4 Å². The summed E-state index contributed by atoms with van der Waals surface area (Å²) in [4.78, 5) is 14.2. The van der Waals surface area contributed by atoms with Crippen LogP contribution in [0.1, 0.15) is 5.56 Å². The van der Waals surface area contributed by atoms with E-state index in [1.807, 2.05) is 0 Å². The van der Waals surface area contributed by atoms with Crippen molar-refractivity contribution in [3.63, 3.8) is 0 Å². The van der Waals surface area contributed by atoms with Crippen LogP contribution in [0.2, 0.25) is 0 Å². The highest BCUT2D eigenvalue weighted by Crippen LogP contribution is 2.18. The van der Waals surface area contributed by atoms with Gasteiger partial charge in [-0.05, 0) is 30.3 Å². The quantitative estimate of drug-likeness (QED) is 0.810. The van der Waals surface area contributed by atoms with Gasteiger partial charge in [0.15, 0.2) is 5.75 Å². The summed E-state index contributed by atoms with van der Waals surface area (Å²) in [7, 11) is -4.20. The summed E-state index contributed by atoms with van der Waals surface area (Å²) in [6.07, 6.45) is 1.12. The molecule has 25 heavy (non-hydrogen) atoms. The Morgan fingerprint density at radius 3 is 2.40 bits per heavy atom. The predicted octanol–water partition coefficient (Wildman–Crippen LogP) is 0.335. The van der Waals surface area contributed by atoms with Gasteiger partial charge >= 0.3 is 5.56 Å². The Bertz CT molecular complexity index is 919. The van der Waals surface area contributed by atoms with Gasteiger partial charge in [0.2, 0.25) is 0 Å². The molecule has 0 bridgehead atoms. The Kier molecular flexibility index (Phi) is 4.89. The number of aromatic nitrogens is 1. The van der Waals surface area contributed by atoms with Crippen LogP contribution in [0, 0.1) is 5.82 Å². The largest absolute Gasteiger partial charge is 0.503 e. The maximum Gasteiger partial charge on any atom is 0.306 e. The van der Waals surface area contributed by atoms with Crippen LogP contribution in [0.4, 0.5) is 4.39 Å². The molecule has 2 heterocycles. The summed E-state index contributed by atoms with van der Waals surface area (Å²) >= 11 is 0. The Morgan fingerprint density at radius 1 is 1.12 bits per heavy atom. The predicted molar refractivity (Wildman–Crippen MR) is 89.5 cm³/mol. The van der Waals surface area contributed by atoms with Crippen LogP contribution in [0.25, 0.3) is 0 Å². The molecule has 1 aromatic carbocycles. The molecule has 0 atom stereocenters. The van der Waals surface area contributed by atoms with E-state index in [1.165, 1.54) is 6.07 Å². The van der Waals surface area contributed by atoms with Gasteiger partial charge in [0.25, 0.3) is 10.0 Å². The van der Waals surface area contributed by atoms with Gasteiger partial charge in [-0.2, -0.15) is 0 Å². The number of halogens is 1. The van der Waals surface area contributed by atoms with Gasteiger partial charge in [0.05, 0.1) is 4.90 Å². The molecule has 1 saturated heterocycles. The van der Waals surface area contributed by atoms with Gasteiger partial charge in [0, 0.05) is 44.5 Å². The Balaban J connectivity index is 1.94. The number of nitrogens with zero attached hydrogens (tertiary/aromatic N) is 2. The van der Waals surface area contributed by atoms with Gasteiger partial charge in [0.1, 0.15) is 5.82 Å². The normalized spacial score (nSPS) is 16.0. The number of rotatable bonds is 4. The molecule has 0 unspecified atom stereocenters. The van der Waals surface area contributed by atoms with Crippen LogP contribution in [0.3, 0.4) is 0 Å². The monoisotopic (exact) mass is 367 g/mol. The molecule has 0 aliphatic carbocycles. The molecular weight excluding hydrogens is 349 g/mol. The van der Waals surface area contributed by atoms with E-state index in [0.717, 1.165) is 56.6 Å². The van der Waals surface area contributed by atoms with Crippen molar-refractivity contribution >= 4 is 10.0 Å². The molecule has 1 aliphatic rings. The lowest BCUT2D eigenvalue weighted by Crippen LogP contribution is -2.43. The fraction of sp³-hybridized carbons (Fsp3) is 0.312. The van der Waals surface area contributed by atoms with Crippen molar-refractivity contribution in [3.05, 3.63) is 58.3 Å². The van der Waals surface area contributed by atoms with Crippen molar-refractivity contribution in [1.82, 2.24) is 14.2 Å². The molecule has 9 heteroatoms. The van der Waals surface area contributed by atoms with Crippen LogP contribution in [-0.2, 0) is 16.6 Å². The molecule has 1 aromatic heterocycles. The Hall–Kier alpha value is -2.23. The number of piperazine rings is 1. The topological polar surface area (TPSA) is 91.6 Å². The SMILES string of the molecule is O=c1c(O)c(CN2CCNCC2)ccn1S(=O)(=O)c1ccc(F)cc1. The minimum Gasteiger partial charge on any atom is -0.503 e. The summed E-state index contributed by atoms with van der Waals surface area (Å²) in [5.74, 6) is -1.17. The minimum atomic E-state index is -4.20. The van der Waals surface area contributed by atoms with Crippen molar-refractivity contribution in [2.45, 2.75) is 11.4 Å². The third-order valence-electron chi connectivity index (χ3n) is 4.09. The lowest BCUT2D eigenvalue weighted by molar-refractivity contribution is 0.230. The van der Waals surface area contributed by atoms with E-state index in [4.69, 9.17) is 0 Å². The van der Waals surface area contributed by atoms with E-state index in [0.29, 0.717) is 16.1 Å². The molecule has 134 valence electrons.